The Morgan fingerprint density at radius 1 is 1.09 bits per heavy atom. The van der Waals surface area contributed by atoms with Crippen LogP contribution < -0.4 is 15.1 Å². The van der Waals surface area contributed by atoms with Crippen LogP contribution in [0.4, 0.5) is 11.8 Å². The summed E-state index contributed by atoms with van der Waals surface area (Å²) in [5.41, 5.74) is 1.73. The third-order valence-corrected chi connectivity index (χ3v) is 5.83. The Hall–Kier alpha value is -3.95. The van der Waals surface area contributed by atoms with E-state index < -0.39 is 0 Å². The largest absolute Gasteiger partial charge is 0.419 e. The number of benzene rings is 1. The number of aromatic nitrogens is 4. The van der Waals surface area contributed by atoms with Gasteiger partial charge >= 0.3 is 0 Å². The molecule has 1 saturated heterocycles. The summed E-state index contributed by atoms with van der Waals surface area (Å²) in [4.78, 5) is 23.7. The maximum Gasteiger partial charge on any atom is 0.276 e. The lowest BCUT2D eigenvalue weighted by molar-refractivity contribution is 0.0312. The van der Waals surface area contributed by atoms with E-state index in [0.717, 1.165) is 26.2 Å². The Labute approximate surface area is 196 Å². The van der Waals surface area contributed by atoms with Crippen molar-refractivity contribution in [2.45, 2.75) is 6.54 Å². The van der Waals surface area contributed by atoms with Gasteiger partial charge in [-0.25, -0.2) is 0 Å². The van der Waals surface area contributed by atoms with E-state index in [2.05, 4.69) is 26.5 Å². The smallest absolute Gasteiger partial charge is 0.276 e. The number of ether oxygens (including phenoxy) is 1. The lowest BCUT2D eigenvalue weighted by Gasteiger charge is -2.29. The molecule has 176 valence electrons. The fourth-order valence-corrected chi connectivity index (χ4v) is 4.03. The molecule has 0 spiro atoms. The molecule has 0 aliphatic carbocycles. The molecule has 1 aromatic carbocycles. The van der Waals surface area contributed by atoms with Gasteiger partial charge in [-0.3, -0.25) is 9.36 Å². The van der Waals surface area contributed by atoms with Crippen molar-refractivity contribution in [1.29, 1.82) is 5.26 Å². The van der Waals surface area contributed by atoms with Gasteiger partial charge < -0.3 is 29.2 Å². The molecule has 2 aromatic heterocycles. The van der Waals surface area contributed by atoms with Gasteiger partial charge in [-0.15, -0.1) is 10.2 Å². The molecular formula is C22H25N9O3. The fraction of sp³-hybridized carbons (Fsp3) is 0.409. The molecule has 1 N–H and O–H groups in total. The molecule has 4 heterocycles. The van der Waals surface area contributed by atoms with Crippen molar-refractivity contribution in [2.75, 3.05) is 63.5 Å². The molecular weight excluding hydrogens is 438 g/mol. The minimum absolute atomic E-state index is 0.181. The fourth-order valence-electron chi connectivity index (χ4n) is 4.03. The minimum Gasteiger partial charge on any atom is -0.419 e. The number of hydrogen-bond acceptors (Lipinski definition) is 10. The van der Waals surface area contributed by atoms with Crippen LogP contribution in [0.15, 0.2) is 28.7 Å². The molecule has 3 aromatic rings. The van der Waals surface area contributed by atoms with Crippen molar-refractivity contribution in [3.8, 4) is 17.5 Å². The molecule has 1 amide bonds. The zero-order chi connectivity index (χ0) is 23.7. The lowest BCUT2D eigenvalue weighted by atomic mass is 10.1. The molecule has 2 aliphatic rings. The number of nitrogens with zero attached hydrogens (tertiary/aromatic N) is 8. The van der Waals surface area contributed by atoms with Crippen LogP contribution in [0.5, 0.6) is 0 Å². The van der Waals surface area contributed by atoms with Gasteiger partial charge in [0, 0.05) is 45.8 Å². The van der Waals surface area contributed by atoms with Crippen LogP contribution in [0, 0.1) is 11.3 Å². The third kappa shape index (κ3) is 4.07. The zero-order valence-electron chi connectivity index (χ0n) is 19.1. The summed E-state index contributed by atoms with van der Waals surface area (Å²) in [6, 6.07) is 9.03. The quantitative estimate of drug-likeness (QED) is 0.591. The first-order valence-corrected chi connectivity index (χ1v) is 11.0. The lowest BCUT2D eigenvalue weighted by Crippen LogP contribution is -2.45. The predicted octanol–water partition coefficient (Wildman–Crippen LogP) is 0.716. The summed E-state index contributed by atoms with van der Waals surface area (Å²) in [7, 11) is 3.56. The van der Waals surface area contributed by atoms with E-state index in [1.165, 1.54) is 4.90 Å². The molecule has 34 heavy (non-hydrogen) atoms. The summed E-state index contributed by atoms with van der Waals surface area (Å²) in [6.07, 6.45) is 0. The van der Waals surface area contributed by atoms with Gasteiger partial charge in [0.1, 0.15) is 20.0 Å². The second-order valence-corrected chi connectivity index (χ2v) is 8.26. The molecule has 0 unspecified atom stereocenters. The number of anilines is 2. The Balaban J connectivity index is 1.54. The van der Waals surface area contributed by atoms with Crippen LogP contribution in [0.2, 0.25) is 0 Å². The molecule has 12 nitrogen and oxygen atoms in total. The summed E-state index contributed by atoms with van der Waals surface area (Å²) in [5, 5.41) is 20.8. The number of amides is 1. The number of piperazine rings is 1. The molecule has 2 aliphatic heterocycles. The highest BCUT2D eigenvalue weighted by Gasteiger charge is 2.32. The van der Waals surface area contributed by atoms with Gasteiger partial charge in [0.05, 0.1) is 11.6 Å². The van der Waals surface area contributed by atoms with Crippen molar-refractivity contribution >= 4 is 17.7 Å². The van der Waals surface area contributed by atoms with Gasteiger partial charge in [-0.05, 0) is 24.3 Å². The van der Waals surface area contributed by atoms with Crippen LogP contribution >= 0.6 is 0 Å². The number of nitriles is 1. The van der Waals surface area contributed by atoms with Crippen molar-refractivity contribution in [2.24, 2.45) is 0 Å². The Bertz CT molecular complexity index is 1220. The summed E-state index contributed by atoms with van der Waals surface area (Å²) in [6.45, 7) is 3.87. The zero-order valence-corrected chi connectivity index (χ0v) is 19.1. The minimum atomic E-state index is -0.192. The summed E-state index contributed by atoms with van der Waals surface area (Å²) < 4.78 is 13.4. The van der Waals surface area contributed by atoms with E-state index in [1.807, 2.05) is 16.5 Å². The molecule has 0 radical (unpaired) electrons. The van der Waals surface area contributed by atoms with Gasteiger partial charge in [0.25, 0.3) is 5.91 Å². The highest BCUT2D eigenvalue weighted by Crippen LogP contribution is 2.30. The molecule has 12 heteroatoms. The maximum absolute atomic E-state index is 13.4. The first-order valence-electron chi connectivity index (χ1n) is 11.0. The normalized spacial score (nSPS) is 16.7. The van der Waals surface area contributed by atoms with Crippen LogP contribution in [-0.2, 0) is 11.3 Å². The Kier molecular flexibility index (Phi) is 5.87. The van der Waals surface area contributed by atoms with Gasteiger partial charge in [-0.1, -0.05) is 0 Å². The highest BCUT2D eigenvalue weighted by molar-refractivity contribution is 5.98. The number of imidazole rings is 1. The van der Waals surface area contributed by atoms with E-state index in [1.54, 1.807) is 31.3 Å². The summed E-state index contributed by atoms with van der Waals surface area (Å²) >= 11 is 0. The Morgan fingerprint density at radius 2 is 1.82 bits per heavy atom. The van der Waals surface area contributed by atoms with Crippen molar-refractivity contribution < 1.29 is 13.9 Å². The first kappa shape index (κ1) is 21.9. The van der Waals surface area contributed by atoms with E-state index in [0.29, 0.717) is 47.1 Å². The number of carbonyl (C=O) groups excluding carboxylic acids is 1. The molecule has 5 rings (SSSR count). The molecule has 0 bridgehead atoms. The number of nitrogens with one attached hydrogen (secondary N) is 1. The van der Waals surface area contributed by atoms with Gasteiger partial charge in [0.2, 0.25) is 17.7 Å². The van der Waals surface area contributed by atoms with Crippen molar-refractivity contribution in [3.05, 3.63) is 41.4 Å². The van der Waals surface area contributed by atoms with E-state index in [9.17, 15) is 4.79 Å². The average Bonchev–Trinajstić information content (AvgIpc) is 3.49. The van der Waals surface area contributed by atoms with E-state index in [4.69, 9.17) is 19.4 Å². The monoisotopic (exact) mass is 463 g/mol. The predicted molar refractivity (Wildman–Crippen MR) is 122 cm³/mol. The second kappa shape index (κ2) is 9.12. The van der Waals surface area contributed by atoms with Crippen LogP contribution in [-0.4, -0.2) is 84.3 Å². The highest BCUT2D eigenvalue weighted by atomic mass is 16.5. The van der Waals surface area contributed by atoms with Gasteiger partial charge in [0.15, 0.2) is 11.5 Å². The molecule has 0 atom stereocenters. The Morgan fingerprint density at radius 3 is 2.56 bits per heavy atom. The molecule has 1 fully saturated rings. The van der Waals surface area contributed by atoms with Crippen molar-refractivity contribution in [1.82, 2.24) is 30.0 Å². The standard InChI is InChI=1S/C22H25N9O3/c1-28-13-33-14-29(2)21(32)18-19(28)25-22(30-9-7-24-8-10-30)31(18)12-17-26-27-20(34-17)16-5-3-15(11-23)4-6-16/h3-6,24H,7-10,12-14H2,1-2H3. The van der Waals surface area contributed by atoms with E-state index >= 15 is 0 Å². The van der Waals surface area contributed by atoms with Crippen LogP contribution in [0.1, 0.15) is 21.9 Å². The number of hydrogen-bond donors (Lipinski definition) is 1. The third-order valence-electron chi connectivity index (χ3n) is 5.83. The SMILES string of the molecule is CN1COCN(C)c2nc(N3CCNCC3)n(Cc3nnc(-c4ccc(C#N)cc4)o3)c2C1=O. The first-order chi connectivity index (χ1) is 16.5. The summed E-state index contributed by atoms with van der Waals surface area (Å²) in [5.74, 6) is 1.74. The number of carbonyl (C=O) groups is 1. The molecule has 0 saturated carbocycles. The topological polar surface area (TPSA) is 129 Å². The van der Waals surface area contributed by atoms with Crippen LogP contribution in [0.25, 0.3) is 11.5 Å². The number of fused-ring (bicyclic) bond motifs is 1. The van der Waals surface area contributed by atoms with Crippen molar-refractivity contribution in [3.63, 3.8) is 0 Å². The van der Waals surface area contributed by atoms with Gasteiger partial charge in [-0.2, -0.15) is 10.2 Å². The second-order valence-electron chi connectivity index (χ2n) is 8.26. The average molecular weight is 464 g/mol. The maximum atomic E-state index is 13.4. The van der Waals surface area contributed by atoms with E-state index in [-0.39, 0.29) is 19.2 Å². The van der Waals surface area contributed by atoms with Crippen LogP contribution in [0.3, 0.4) is 0 Å². The number of rotatable bonds is 4.